The molecule has 2 N–H and O–H groups in total. The smallest absolute Gasteiger partial charge is 0.313 e. The third-order valence-corrected chi connectivity index (χ3v) is 4.72. The molecular formula is C17H23ClFN3O2. The van der Waals surface area contributed by atoms with Gasteiger partial charge < -0.3 is 10.6 Å². The molecule has 0 bridgehead atoms. The lowest BCUT2D eigenvalue weighted by atomic mass is 9.98. The first-order valence-corrected chi connectivity index (χ1v) is 8.56. The molecule has 1 aromatic carbocycles. The second-order valence-corrected chi connectivity index (χ2v) is 6.61. The second kappa shape index (κ2) is 8.44. The van der Waals surface area contributed by atoms with Gasteiger partial charge in [-0.25, -0.2) is 4.39 Å². The van der Waals surface area contributed by atoms with Crippen LogP contribution in [0.25, 0.3) is 0 Å². The van der Waals surface area contributed by atoms with E-state index in [4.69, 9.17) is 11.6 Å². The monoisotopic (exact) mass is 355 g/mol. The summed E-state index contributed by atoms with van der Waals surface area (Å²) in [5.41, 5.74) is 0.190. The Morgan fingerprint density at radius 1 is 1.25 bits per heavy atom. The Hall–Kier alpha value is -1.66. The highest BCUT2D eigenvalue weighted by Crippen LogP contribution is 2.21. The van der Waals surface area contributed by atoms with E-state index in [0.717, 1.165) is 18.9 Å². The minimum Gasteiger partial charge on any atom is -0.347 e. The Morgan fingerprint density at radius 2 is 1.92 bits per heavy atom. The van der Waals surface area contributed by atoms with Crippen LogP contribution in [0.4, 0.5) is 10.1 Å². The molecular weight excluding hydrogens is 333 g/mol. The summed E-state index contributed by atoms with van der Waals surface area (Å²) in [6, 6.07) is 4.80. The van der Waals surface area contributed by atoms with Crippen molar-refractivity contribution >= 4 is 29.1 Å². The van der Waals surface area contributed by atoms with Gasteiger partial charge in [0.2, 0.25) is 0 Å². The van der Waals surface area contributed by atoms with E-state index in [-0.39, 0.29) is 10.7 Å². The fourth-order valence-corrected chi connectivity index (χ4v) is 3.17. The topological polar surface area (TPSA) is 61.4 Å². The molecule has 2 amide bonds. The summed E-state index contributed by atoms with van der Waals surface area (Å²) in [6.07, 6.45) is 3.53. The van der Waals surface area contributed by atoms with Gasteiger partial charge in [-0.3, -0.25) is 14.5 Å². The summed E-state index contributed by atoms with van der Waals surface area (Å²) < 4.78 is 13.3. The zero-order valence-electron chi connectivity index (χ0n) is 13.9. The van der Waals surface area contributed by atoms with Gasteiger partial charge in [0.1, 0.15) is 5.82 Å². The average Bonchev–Trinajstić information content (AvgIpc) is 2.53. The van der Waals surface area contributed by atoms with Gasteiger partial charge in [-0.05, 0) is 44.9 Å². The Morgan fingerprint density at radius 3 is 2.54 bits per heavy atom. The van der Waals surface area contributed by atoms with E-state index < -0.39 is 17.6 Å². The van der Waals surface area contributed by atoms with Gasteiger partial charge in [0.15, 0.2) is 0 Å². The Balaban J connectivity index is 1.79. The van der Waals surface area contributed by atoms with Crippen molar-refractivity contribution in [3.8, 4) is 0 Å². The lowest BCUT2D eigenvalue weighted by molar-refractivity contribution is -0.136. The minimum atomic E-state index is -0.823. The number of amides is 2. The van der Waals surface area contributed by atoms with Crippen molar-refractivity contribution in [2.24, 2.45) is 0 Å². The number of nitrogens with zero attached hydrogens (tertiary/aromatic N) is 1. The molecule has 0 radical (unpaired) electrons. The number of carbonyl (C=O) groups is 2. The Kier molecular flexibility index (Phi) is 6.57. The number of nitrogens with one attached hydrogen (secondary N) is 2. The fraction of sp³-hybridized carbons (Fsp3) is 0.529. The molecule has 0 saturated carbocycles. The van der Waals surface area contributed by atoms with Crippen molar-refractivity contribution in [3.63, 3.8) is 0 Å². The highest BCUT2D eigenvalue weighted by atomic mass is 35.5. The largest absolute Gasteiger partial charge is 0.347 e. The molecule has 2 rings (SSSR count). The number of likely N-dealkylation sites (tertiary alicyclic amines) is 1. The third kappa shape index (κ3) is 4.92. The molecule has 0 aromatic heterocycles. The Labute approximate surface area is 146 Å². The van der Waals surface area contributed by atoms with E-state index in [9.17, 15) is 14.0 Å². The molecule has 24 heavy (non-hydrogen) atoms. The van der Waals surface area contributed by atoms with Gasteiger partial charge >= 0.3 is 11.8 Å². The van der Waals surface area contributed by atoms with Gasteiger partial charge in [0, 0.05) is 30.9 Å². The van der Waals surface area contributed by atoms with Gasteiger partial charge in [-0.15, -0.1) is 0 Å². The second-order valence-electron chi connectivity index (χ2n) is 6.21. The summed E-state index contributed by atoms with van der Waals surface area (Å²) >= 11 is 5.57. The van der Waals surface area contributed by atoms with Gasteiger partial charge in [0.05, 0.1) is 5.02 Å². The summed E-state index contributed by atoms with van der Waals surface area (Å²) in [5, 5.41) is 4.92. The number of hydrogen-bond donors (Lipinski definition) is 2. The lowest BCUT2D eigenvalue weighted by Crippen LogP contribution is -2.48. The highest BCUT2D eigenvalue weighted by molar-refractivity contribution is 6.39. The molecule has 1 aliphatic heterocycles. The quantitative estimate of drug-likeness (QED) is 0.816. The van der Waals surface area contributed by atoms with Crippen molar-refractivity contribution in [2.75, 3.05) is 18.4 Å². The Bertz CT molecular complexity index is 601. The maximum absolute atomic E-state index is 13.3. The van der Waals surface area contributed by atoms with Crippen LogP contribution in [0.15, 0.2) is 18.2 Å². The van der Waals surface area contributed by atoms with Crippen molar-refractivity contribution in [1.29, 1.82) is 0 Å². The first kappa shape index (κ1) is 18.7. The highest BCUT2D eigenvalue weighted by Gasteiger charge is 2.24. The maximum atomic E-state index is 13.3. The van der Waals surface area contributed by atoms with Crippen molar-refractivity contribution < 1.29 is 14.0 Å². The standard InChI is InChI=1S/C17H23ClFN3O2/c1-11-4-3-5-12(2)22(11)9-8-20-16(23)17(24)21-13-6-7-14(18)15(19)10-13/h6-7,10-12H,3-5,8-9H2,1-2H3,(H,20,23)(H,21,24). The lowest BCUT2D eigenvalue weighted by Gasteiger charge is -2.38. The molecule has 1 aliphatic rings. The average molecular weight is 356 g/mol. The molecule has 0 spiro atoms. The van der Waals surface area contributed by atoms with E-state index in [1.807, 2.05) is 0 Å². The van der Waals surface area contributed by atoms with Crippen LogP contribution < -0.4 is 10.6 Å². The number of carbonyl (C=O) groups excluding carboxylic acids is 2. The van der Waals surface area contributed by atoms with E-state index in [2.05, 4.69) is 29.4 Å². The number of rotatable bonds is 4. The number of anilines is 1. The van der Waals surface area contributed by atoms with E-state index in [1.165, 1.54) is 18.6 Å². The molecule has 5 nitrogen and oxygen atoms in total. The van der Waals surface area contributed by atoms with Crippen LogP contribution in [0.1, 0.15) is 33.1 Å². The summed E-state index contributed by atoms with van der Waals surface area (Å²) in [7, 11) is 0. The summed E-state index contributed by atoms with van der Waals surface area (Å²) in [5.74, 6) is -2.21. The first-order valence-electron chi connectivity index (χ1n) is 8.18. The van der Waals surface area contributed by atoms with Crippen molar-refractivity contribution in [2.45, 2.75) is 45.2 Å². The molecule has 1 fully saturated rings. The van der Waals surface area contributed by atoms with Crippen LogP contribution in [0.2, 0.25) is 5.02 Å². The zero-order chi connectivity index (χ0) is 17.7. The normalized spacial score (nSPS) is 21.3. The molecule has 1 heterocycles. The van der Waals surface area contributed by atoms with E-state index in [1.54, 1.807) is 0 Å². The molecule has 2 atom stereocenters. The van der Waals surface area contributed by atoms with Crippen molar-refractivity contribution in [1.82, 2.24) is 10.2 Å². The van der Waals surface area contributed by atoms with Crippen LogP contribution in [0, 0.1) is 5.82 Å². The van der Waals surface area contributed by atoms with Crippen LogP contribution in [-0.2, 0) is 9.59 Å². The molecule has 1 saturated heterocycles. The molecule has 7 heteroatoms. The maximum Gasteiger partial charge on any atom is 0.313 e. The number of benzene rings is 1. The molecule has 2 unspecified atom stereocenters. The number of hydrogen-bond acceptors (Lipinski definition) is 3. The predicted octanol–water partition coefficient (Wildman–Crippen LogP) is 2.80. The first-order chi connectivity index (χ1) is 11.4. The van der Waals surface area contributed by atoms with Crippen LogP contribution in [0.5, 0.6) is 0 Å². The minimum absolute atomic E-state index is 0.0396. The third-order valence-electron chi connectivity index (χ3n) is 4.42. The SMILES string of the molecule is CC1CCCC(C)N1CCNC(=O)C(=O)Nc1ccc(Cl)c(F)c1. The van der Waals surface area contributed by atoms with Crippen LogP contribution in [-0.4, -0.2) is 41.9 Å². The molecule has 0 aliphatic carbocycles. The zero-order valence-corrected chi connectivity index (χ0v) is 14.7. The van der Waals surface area contributed by atoms with Gasteiger partial charge in [0.25, 0.3) is 0 Å². The molecule has 132 valence electrons. The summed E-state index contributed by atoms with van der Waals surface area (Å²) in [4.78, 5) is 26.0. The van der Waals surface area contributed by atoms with Crippen LogP contribution >= 0.6 is 11.6 Å². The van der Waals surface area contributed by atoms with Gasteiger partial charge in [-0.2, -0.15) is 0 Å². The predicted molar refractivity (Wildman–Crippen MR) is 92.5 cm³/mol. The molecule has 1 aromatic rings. The van der Waals surface area contributed by atoms with Gasteiger partial charge in [-0.1, -0.05) is 18.0 Å². The number of halogens is 2. The van der Waals surface area contributed by atoms with E-state index >= 15 is 0 Å². The summed E-state index contributed by atoms with van der Waals surface area (Å²) in [6.45, 7) is 5.46. The van der Waals surface area contributed by atoms with Crippen LogP contribution in [0.3, 0.4) is 0 Å². The van der Waals surface area contributed by atoms with E-state index in [0.29, 0.717) is 25.2 Å². The number of piperidine rings is 1. The van der Waals surface area contributed by atoms with Crippen molar-refractivity contribution in [3.05, 3.63) is 29.0 Å². The fourth-order valence-electron chi connectivity index (χ4n) is 3.06.